The Kier molecular flexibility index (Phi) is 7.64. The number of hydrogen-bond donors (Lipinski definition) is 2. The van der Waals surface area contributed by atoms with Gasteiger partial charge in [0.25, 0.3) is 5.91 Å². The van der Waals surface area contributed by atoms with Gasteiger partial charge in [0.05, 0.1) is 0 Å². The molecule has 1 aromatic carbocycles. The van der Waals surface area contributed by atoms with Crippen LogP contribution in [0.1, 0.15) is 57.3 Å². The van der Waals surface area contributed by atoms with Crippen molar-refractivity contribution in [3.05, 3.63) is 35.9 Å². The van der Waals surface area contributed by atoms with E-state index in [4.69, 9.17) is 0 Å². The second kappa shape index (κ2) is 9.23. The van der Waals surface area contributed by atoms with Crippen molar-refractivity contribution >= 4 is 11.8 Å². The van der Waals surface area contributed by atoms with Crippen molar-refractivity contribution in [2.75, 3.05) is 0 Å². The fraction of sp³-hybridized carbons (Fsp3) is 0.556. The smallest absolute Gasteiger partial charge is 0.251 e. The van der Waals surface area contributed by atoms with Gasteiger partial charge >= 0.3 is 0 Å². The molecule has 1 rings (SSSR count). The first-order valence-corrected chi connectivity index (χ1v) is 8.03. The lowest BCUT2D eigenvalue weighted by molar-refractivity contribution is -0.122. The zero-order valence-electron chi connectivity index (χ0n) is 14.1. The van der Waals surface area contributed by atoms with E-state index in [1.165, 1.54) is 0 Å². The third-order valence-electron chi connectivity index (χ3n) is 3.49. The summed E-state index contributed by atoms with van der Waals surface area (Å²) in [7, 11) is 0. The maximum absolute atomic E-state index is 12.0. The van der Waals surface area contributed by atoms with Gasteiger partial charge in [-0.05, 0) is 44.7 Å². The van der Waals surface area contributed by atoms with Crippen molar-refractivity contribution in [1.29, 1.82) is 0 Å². The minimum absolute atomic E-state index is 0.0166. The van der Waals surface area contributed by atoms with Crippen LogP contribution in [0.25, 0.3) is 0 Å². The summed E-state index contributed by atoms with van der Waals surface area (Å²) in [5, 5.41) is 5.84. The fourth-order valence-electron chi connectivity index (χ4n) is 2.22. The Morgan fingerprint density at radius 1 is 0.909 bits per heavy atom. The van der Waals surface area contributed by atoms with Crippen LogP contribution in [0, 0.1) is 5.92 Å². The van der Waals surface area contributed by atoms with Crippen molar-refractivity contribution in [3.8, 4) is 0 Å². The average molecular weight is 304 g/mol. The van der Waals surface area contributed by atoms with Crippen molar-refractivity contribution in [2.24, 2.45) is 5.92 Å². The molecular weight excluding hydrogens is 276 g/mol. The van der Waals surface area contributed by atoms with Gasteiger partial charge in [-0.25, -0.2) is 0 Å². The Hall–Kier alpha value is -1.84. The lowest BCUT2D eigenvalue weighted by atomic mass is 10.0. The molecule has 2 amide bonds. The van der Waals surface area contributed by atoms with Crippen LogP contribution in [0.5, 0.6) is 0 Å². The summed E-state index contributed by atoms with van der Waals surface area (Å²) < 4.78 is 0. The SMILES string of the molecule is CC(C)CCC(C)NC(=O)CC(C)NC(=O)c1ccccc1. The minimum atomic E-state index is -0.190. The summed E-state index contributed by atoms with van der Waals surface area (Å²) in [6, 6.07) is 9.01. The summed E-state index contributed by atoms with van der Waals surface area (Å²) >= 11 is 0. The predicted molar refractivity (Wildman–Crippen MR) is 89.7 cm³/mol. The Morgan fingerprint density at radius 3 is 2.14 bits per heavy atom. The summed E-state index contributed by atoms with van der Waals surface area (Å²) in [6.45, 7) is 8.22. The minimum Gasteiger partial charge on any atom is -0.354 e. The van der Waals surface area contributed by atoms with E-state index in [2.05, 4.69) is 24.5 Å². The Labute approximate surface area is 133 Å². The molecule has 2 N–H and O–H groups in total. The third-order valence-corrected chi connectivity index (χ3v) is 3.49. The summed E-state index contributed by atoms with van der Waals surface area (Å²) in [6.07, 6.45) is 2.38. The van der Waals surface area contributed by atoms with Gasteiger partial charge in [-0.2, -0.15) is 0 Å². The number of carbonyl (C=O) groups excluding carboxylic acids is 2. The zero-order chi connectivity index (χ0) is 16.5. The molecule has 0 heterocycles. The topological polar surface area (TPSA) is 58.2 Å². The molecule has 0 spiro atoms. The Bertz CT molecular complexity index is 471. The lowest BCUT2D eigenvalue weighted by Gasteiger charge is -2.18. The molecule has 0 aromatic heterocycles. The number of benzene rings is 1. The molecule has 0 radical (unpaired) electrons. The second-order valence-electron chi connectivity index (χ2n) is 6.38. The van der Waals surface area contributed by atoms with Gasteiger partial charge in [-0.15, -0.1) is 0 Å². The number of amides is 2. The molecule has 4 nitrogen and oxygen atoms in total. The van der Waals surface area contributed by atoms with Crippen molar-refractivity contribution in [3.63, 3.8) is 0 Å². The first kappa shape index (κ1) is 18.2. The monoisotopic (exact) mass is 304 g/mol. The molecule has 0 saturated carbocycles. The van der Waals surface area contributed by atoms with E-state index >= 15 is 0 Å². The first-order valence-electron chi connectivity index (χ1n) is 8.03. The molecule has 1 aromatic rings. The highest BCUT2D eigenvalue weighted by Gasteiger charge is 2.14. The Morgan fingerprint density at radius 2 is 1.55 bits per heavy atom. The molecule has 2 atom stereocenters. The van der Waals surface area contributed by atoms with Crippen LogP contribution >= 0.6 is 0 Å². The van der Waals surface area contributed by atoms with Crippen LogP contribution in [0.3, 0.4) is 0 Å². The van der Waals surface area contributed by atoms with Crippen molar-refractivity contribution < 1.29 is 9.59 Å². The molecule has 0 aliphatic carbocycles. The van der Waals surface area contributed by atoms with Gasteiger partial charge in [0, 0.05) is 24.1 Å². The van der Waals surface area contributed by atoms with E-state index in [0.29, 0.717) is 17.9 Å². The number of rotatable bonds is 8. The van der Waals surface area contributed by atoms with E-state index in [9.17, 15) is 9.59 Å². The maximum atomic E-state index is 12.0. The van der Waals surface area contributed by atoms with E-state index < -0.39 is 0 Å². The van der Waals surface area contributed by atoms with Crippen LogP contribution in [0.15, 0.2) is 30.3 Å². The normalized spacial score (nSPS) is 13.5. The zero-order valence-corrected chi connectivity index (χ0v) is 14.1. The van der Waals surface area contributed by atoms with Gasteiger partial charge in [0.15, 0.2) is 0 Å². The molecule has 0 aliphatic heterocycles. The van der Waals surface area contributed by atoms with Crippen molar-refractivity contribution in [2.45, 2.75) is 59.0 Å². The van der Waals surface area contributed by atoms with Crippen LogP contribution in [-0.4, -0.2) is 23.9 Å². The van der Waals surface area contributed by atoms with Gasteiger partial charge < -0.3 is 10.6 Å². The average Bonchev–Trinajstić information content (AvgIpc) is 2.45. The predicted octanol–water partition coefficient (Wildman–Crippen LogP) is 3.14. The highest BCUT2D eigenvalue weighted by Crippen LogP contribution is 2.07. The van der Waals surface area contributed by atoms with E-state index in [-0.39, 0.29) is 23.9 Å². The molecule has 0 aliphatic rings. The molecule has 0 bridgehead atoms. The quantitative estimate of drug-likeness (QED) is 0.775. The molecule has 2 unspecified atom stereocenters. The third kappa shape index (κ3) is 7.25. The molecule has 122 valence electrons. The number of nitrogens with one attached hydrogen (secondary N) is 2. The van der Waals surface area contributed by atoms with E-state index in [1.807, 2.05) is 32.0 Å². The largest absolute Gasteiger partial charge is 0.354 e. The first-order chi connectivity index (χ1) is 10.4. The highest BCUT2D eigenvalue weighted by molar-refractivity contribution is 5.94. The number of carbonyl (C=O) groups is 2. The maximum Gasteiger partial charge on any atom is 0.251 e. The fourth-order valence-corrected chi connectivity index (χ4v) is 2.22. The van der Waals surface area contributed by atoms with Gasteiger partial charge in [0.1, 0.15) is 0 Å². The Balaban J connectivity index is 2.33. The van der Waals surface area contributed by atoms with Crippen LogP contribution in [0.2, 0.25) is 0 Å². The van der Waals surface area contributed by atoms with E-state index in [0.717, 1.165) is 12.8 Å². The molecule has 0 saturated heterocycles. The van der Waals surface area contributed by atoms with Gasteiger partial charge in [0.2, 0.25) is 5.91 Å². The van der Waals surface area contributed by atoms with Gasteiger partial charge in [-0.3, -0.25) is 9.59 Å². The lowest BCUT2D eigenvalue weighted by Crippen LogP contribution is -2.39. The van der Waals surface area contributed by atoms with Crippen LogP contribution < -0.4 is 10.6 Å². The molecule has 0 fully saturated rings. The molecule has 22 heavy (non-hydrogen) atoms. The molecule has 4 heteroatoms. The number of hydrogen-bond acceptors (Lipinski definition) is 2. The highest BCUT2D eigenvalue weighted by atomic mass is 16.2. The second-order valence-corrected chi connectivity index (χ2v) is 6.38. The summed E-state index contributed by atoms with van der Waals surface area (Å²) in [5.41, 5.74) is 0.611. The van der Waals surface area contributed by atoms with Crippen LogP contribution in [0.4, 0.5) is 0 Å². The standard InChI is InChI=1S/C18H28N2O2/c1-13(2)10-11-14(3)19-17(21)12-15(4)20-18(22)16-8-6-5-7-9-16/h5-9,13-15H,10-12H2,1-4H3,(H,19,21)(H,20,22). The van der Waals surface area contributed by atoms with Gasteiger partial charge in [-0.1, -0.05) is 32.0 Å². The summed E-state index contributed by atoms with van der Waals surface area (Å²) in [4.78, 5) is 24.0. The summed E-state index contributed by atoms with van der Waals surface area (Å²) in [5.74, 6) is 0.481. The molecular formula is C18H28N2O2. The van der Waals surface area contributed by atoms with E-state index in [1.54, 1.807) is 12.1 Å². The van der Waals surface area contributed by atoms with Crippen molar-refractivity contribution in [1.82, 2.24) is 10.6 Å². The van der Waals surface area contributed by atoms with Crippen LogP contribution in [-0.2, 0) is 4.79 Å².